The summed E-state index contributed by atoms with van der Waals surface area (Å²) in [6, 6.07) is 0. The van der Waals surface area contributed by atoms with E-state index in [0.717, 1.165) is 36.2 Å². The molecule has 2 aliphatic carbocycles. The lowest BCUT2D eigenvalue weighted by atomic mass is 9.90. The molecule has 88 valence electrons. The highest BCUT2D eigenvalue weighted by Crippen LogP contribution is 2.46. The summed E-state index contributed by atoms with van der Waals surface area (Å²) in [7, 11) is 0. The Morgan fingerprint density at radius 3 is 2.88 bits per heavy atom. The number of fused-ring (bicyclic) bond motifs is 2. The summed E-state index contributed by atoms with van der Waals surface area (Å²) in [4.78, 5) is 11.6. The predicted octanol–water partition coefficient (Wildman–Crippen LogP) is 3.43. The molecular weight excluding hydrogens is 212 g/mol. The Hall–Kier alpha value is -1.57. The van der Waals surface area contributed by atoms with Gasteiger partial charge < -0.3 is 4.74 Å². The van der Waals surface area contributed by atoms with Crippen molar-refractivity contribution in [2.75, 3.05) is 0 Å². The van der Waals surface area contributed by atoms with Crippen molar-refractivity contribution in [2.45, 2.75) is 33.1 Å². The topological polar surface area (TPSA) is 26.3 Å². The Morgan fingerprint density at radius 2 is 2.12 bits per heavy atom. The van der Waals surface area contributed by atoms with E-state index in [9.17, 15) is 4.79 Å². The second-order valence-electron chi connectivity index (χ2n) is 5.12. The Labute approximate surface area is 101 Å². The lowest BCUT2D eigenvalue weighted by Crippen LogP contribution is -2.01. The van der Waals surface area contributed by atoms with E-state index < -0.39 is 0 Å². The maximum atomic E-state index is 11.6. The lowest BCUT2D eigenvalue weighted by molar-refractivity contribution is -0.133. The van der Waals surface area contributed by atoms with Crippen LogP contribution in [0, 0.1) is 5.92 Å². The summed E-state index contributed by atoms with van der Waals surface area (Å²) in [5, 5.41) is 0. The van der Waals surface area contributed by atoms with Crippen LogP contribution in [-0.4, -0.2) is 5.97 Å². The van der Waals surface area contributed by atoms with Crippen molar-refractivity contribution >= 4 is 5.97 Å². The first-order chi connectivity index (χ1) is 8.08. The molecule has 3 rings (SSSR count). The van der Waals surface area contributed by atoms with Crippen LogP contribution >= 0.6 is 0 Å². The highest BCUT2D eigenvalue weighted by atomic mass is 16.5. The summed E-state index contributed by atoms with van der Waals surface area (Å²) >= 11 is 0. The summed E-state index contributed by atoms with van der Waals surface area (Å²) < 4.78 is 5.31. The fourth-order valence-corrected chi connectivity index (χ4v) is 3.04. The molecule has 0 aromatic rings. The van der Waals surface area contributed by atoms with E-state index in [1.807, 2.05) is 13.0 Å². The van der Waals surface area contributed by atoms with Crippen LogP contribution in [0.3, 0.4) is 0 Å². The molecule has 0 saturated heterocycles. The van der Waals surface area contributed by atoms with Gasteiger partial charge in [-0.15, -0.1) is 0 Å². The molecule has 3 aliphatic rings. The van der Waals surface area contributed by atoms with Gasteiger partial charge in [0, 0.05) is 17.1 Å². The minimum Gasteiger partial charge on any atom is -0.423 e. The van der Waals surface area contributed by atoms with E-state index in [4.69, 9.17) is 4.74 Å². The zero-order valence-corrected chi connectivity index (χ0v) is 10.3. The molecule has 0 spiro atoms. The van der Waals surface area contributed by atoms with E-state index in [1.54, 1.807) is 0 Å². The van der Waals surface area contributed by atoms with Crippen LogP contribution in [0.5, 0.6) is 0 Å². The number of carbonyl (C=O) groups is 1. The van der Waals surface area contributed by atoms with E-state index in [0.29, 0.717) is 5.92 Å². The third-order valence-electron chi connectivity index (χ3n) is 4.15. The van der Waals surface area contributed by atoms with Crippen molar-refractivity contribution in [3.05, 3.63) is 46.3 Å². The SMILES string of the molecule is C=C1CCC2=C(C)C=C3OC(=O)C(C)=C3CC12. The number of carbonyl (C=O) groups excluding carboxylic acids is 1. The van der Waals surface area contributed by atoms with Gasteiger partial charge in [0.2, 0.25) is 0 Å². The number of allylic oxidation sites excluding steroid dienone is 5. The Morgan fingerprint density at radius 1 is 1.35 bits per heavy atom. The quantitative estimate of drug-likeness (QED) is 0.469. The first kappa shape index (κ1) is 10.6. The monoisotopic (exact) mass is 228 g/mol. The molecule has 1 fully saturated rings. The minimum atomic E-state index is -0.189. The summed E-state index contributed by atoms with van der Waals surface area (Å²) in [6.07, 6.45) is 5.10. The zero-order chi connectivity index (χ0) is 12.2. The molecule has 2 heteroatoms. The van der Waals surface area contributed by atoms with Gasteiger partial charge in [0.1, 0.15) is 5.76 Å². The van der Waals surface area contributed by atoms with Crippen molar-refractivity contribution in [2.24, 2.45) is 5.92 Å². The zero-order valence-electron chi connectivity index (χ0n) is 10.3. The molecule has 0 N–H and O–H groups in total. The molecule has 17 heavy (non-hydrogen) atoms. The van der Waals surface area contributed by atoms with Crippen LogP contribution in [0.25, 0.3) is 0 Å². The second kappa shape index (κ2) is 3.46. The summed E-state index contributed by atoms with van der Waals surface area (Å²) in [5.41, 5.74) is 5.88. The van der Waals surface area contributed by atoms with Crippen LogP contribution in [0.1, 0.15) is 33.1 Å². The third-order valence-corrected chi connectivity index (χ3v) is 4.15. The first-order valence-electron chi connectivity index (χ1n) is 6.09. The minimum absolute atomic E-state index is 0.189. The third kappa shape index (κ3) is 1.43. The maximum Gasteiger partial charge on any atom is 0.339 e. The highest BCUT2D eigenvalue weighted by molar-refractivity contribution is 5.94. The van der Waals surface area contributed by atoms with E-state index in [1.165, 1.54) is 16.7 Å². The van der Waals surface area contributed by atoms with Crippen molar-refractivity contribution in [1.82, 2.24) is 0 Å². The van der Waals surface area contributed by atoms with E-state index >= 15 is 0 Å². The van der Waals surface area contributed by atoms with Crippen molar-refractivity contribution in [3.8, 4) is 0 Å². The number of rotatable bonds is 0. The Kier molecular flexibility index (Phi) is 2.15. The average molecular weight is 228 g/mol. The van der Waals surface area contributed by atoms with Crippen LogP contribution in [0.4, 0.5) is 0 Å². The van der Waals surface area contributed by atoms with Crippen molar-refractivity contribution in [1.29, 1.82) is 0 Å². The van der Waals surface area contributed by atoms with Crippen LogP contribution in [-0.2, 0) is 9.53 Å². The summed E-state index contributed by atoms with van der Waals surface area (Å²) in [6.45, 7) is 8.13. The predicted molar refractivity (Wildman–Crippen MR) is 66.1 cm³/mol. The molecule has 0 radical (unpaired) electrons. The van der Waals surface area contributed by atoms with Gasteiger partial charge in [0.05, 0.1) is 0 Å². The van der Waals surface area contributed by atoms with Gasteiger partial charge in [-0.05, 0) is 44.8 Å². The van der Waals surface area contributed by atoms with Crippen molar-refractivity contribution < 1.29 is 9.53 Å². The van der Waals surface area contributed by atoms with Gasteiger partial charge in [-0.1, -0.05) is 17.7 Å². The van der Waals surface area contributed by atoms with Gasteiger partial charge in [0.15, 0.2) is 0 Å². The van der Waals surface area contributed by atoms with Crippen molar-refractivity contribution in [3.63, 3.8) is 0 Å². The number of hydrogen-bond donors (Lipinski definition) is 0. The lowest BCUT2D eigenvalue weighted by Gasteiger charge is -2.13. The normalized spacial score (nSPS) is 27.9. The average Bonchev–Trinajstić information content (AvgIpc) is 2.71. The first-order valence-corrected chi connectivity index (χ1v) is 6.09. The largest absolute Gasteiger partial charge is 0.423 e. The van der Waals surface area contributed by atoms with Gasteiger partial charge in [-0.25, -0.2) is 4.79 Å². The molecule has 1 saturated carbocycles. The van der Waals surface area contributed by atoms with Gasteiger partial charge in [-0.3, -0.25) is 0 Å². The number of esters is 1. The van der Waals surface area contributed by atoms with Crippen LogP contribution < -0.4 is 0 Å². The van der Waals surface area contributed by atoms with Crippen LogP contribution in [0.15, 0.2) is 46.3 Å². The highest BCUT2D eigenvalue weighted by Gasteiger charge is 2.35. The second-order valence-corrected chi connectivity index (χ2v) is 5.12. The maximum absolute atomic E-state index is 11.6. The fourth-order valence-electron chi connectivity index (χ4n) is 3.04. The van der Waals surface area contributed by atoms with Crippen LogP contribution in [0.2, 0.25) is 0 Å². The molecule has 0 amide bonds. The Bertz CT molecular complexity index is 529. The molecule has 1 heterocycles. The molecule has 2 nitrogen and oxygen atoms in total. The van der Waals surface area contributed by atoms with E-state index in [2.05, 4.69) is 13.5 Å². The van der Waals surface area contributed by atoms with Gasteiger partial charge in [-0.2, -0.15) is 0 Å². The molecule has 0 aromatic carbocycles. The number of hydrogen-bond acceptors (Lipinski definition) is 2. The molecule has 1 atom stereocenters. The molecule has 0 bridgehead atoms. The fraction of sp³-hybridized carbons (Fsp3) is 0.400. The van der Waals surface area contributed by atoms with Gasteiger partial charge >= 0.3 is 5.97 Å². The Balaban J connectivity index is 2.13. The van der Waals surface area contributed by atoms with E-state index in [-0.39, 0.29) is 5.97 Å². The molecule has 0 aromatic heterocycles. The summed E-state index contributed by atoms with van der Waals surface area (Å²) in [5.74, 6) is 0.994. The van der Waals surface area contributed by atoms with Gasteiger partial charge in [0.25, 0.3) is 0 Å². The molecular formula is C15H16O2. The number of ether oxygens (including phenoxy) is 1. The molecule has 1 unspecified atom stereocenters. The standard InChI is InChI=1S/C15H16O2/c1-8-4-5-11-9(2)6-14-13(7-12(8)11)10(3)15(16)17-14/h6,12H,1,4-5,7H2,2-3H3. The smallest absolute Gasteiger partial charge is 0.339 e. The molecule has 1 aliphatic heterocycles.